The zero-order valence-corrected chi connectivity index (χ0v) is 16.6. The zero-order valence-electron chi connectivity index (χ0n) is 14.2. The Labute approximate surface area is 172 Å². The number of alkyl halides is 3. The van der Waals surface area contributed by atoms with Crippen LogP contribution in [0.15, 0.2) is 65.0 Å². The van der Waals surface area contributed by atoms with Crippen LogP contribution in [0.1, 0.15) is 22.2 Å². The lowest BCUT2D eigenvalue weighted by Crippen LogP contribution is -2.30. The Balaban J connectivity index is 1.69. The van der Waals surface area contributed by atoms with Crippen LogP contribution in [-0.4, -0.2) is 16.6 Å². The molecule has 1 unspecified atom stereocenters. The van der Waals surface area contributed by atoms with E-state index in [0.29, 0.717) is 4.90 Å². The maximum atomic E-state index is 13.0. The van der Waals surface area contributed by atoms with Crippen molar-refractivity contribution in [2.45, 2.75) is 17.1 Å². The van der Waals surface area contributed by atoms with Crippen molar-refractivity contribution in [1.29, 1.82) is 0 Å². The van der Waals surface area contributed by atoms with Crippen molar-refractivity contribution in [3.63, 3.8) is 0 Å². The molecule has 0 saturated heterocycles. The average Bonchev–Trinajstić information content (AvgIpc) is 3.19. The first kappa shape index (κ1) is 20.7. The number of nitrogens with one attached hydrogen (secondary N) is 1. The molecule has 0 radical (unpaired) electrons. The largest absolute Gasteiger partial charge is 0.417 e. The Morgan fingerprint density at radius 1 is 1.21 bits per heavy atom. The zero-order chi connectivity index (χ0) is 20.1. The minimum atomic E-state index is -4.54. The fourth-order valence-electron chi connectivity index (χ4n) is 2.47. The van der Waals surface area contributed by atoms with Crippen molar-refractivity contribution in [3.8, 4) is 0 Å². The number of benzene rings is 2. The molecule has 1 N–H and O–H groups in total. The molecule has 1 amide bonds. The minimum Gasteiger partial charge on any atom is -0.342 e. The van der Waals surface area contributed by atoms with Crippen LogP contribution in [0.2, 0.25) is 5.02 Å². The molecule has 146 valence electrons. The maximum Gasteiger partial charge on any atom is 0.417 e. The van der Waals surface area contributed by atoms with Gasteiger partial charge in [-0.05, 0) is 23.8 Å². The van der Waals surface area contributed by atoms with E-state index < -0.39 is 17.8 Å². The summed E-state index contributed by atoms with van der Waals surface area (Å²) in [5.74, 6) is -0.342. The Hall–Kier alpha value is -2.03. The number of thioether (sulfide) groups is 1. The molecular weight excluding hydrogens is 429 g/mol. The van der Waals surface area contributed by atoms with Crippen molar-refractivity contribution >= 4 is 40.6 Å². The van der Waals surface area contributed by atoms with E-state index in [2.05, 4.69) is 10.3 Å². The average molecular weight is 443 g/mol. The molecule has 1 heterocycles. The Kier molecular flexibility index (Phi) is 6.64. The number of rotatable bonds is 6. The smallest absolute Gasteiger partial charge is 0.342 e. The molecule has 0 aliphatic rings. The van der Waals surface area contributed by atoms with Crippen molar-refractivity contribution in [2.24, 2.45) is 0 Å². The standard InChI is InChI=1S/C19H14ClF3N2OS2/c20-15-7-6-13(10-14(15)19(21,22)23)28-11-16(26)25-17(18-24-8-9-27-18)12-4-2-1-3-5-12/h1-10,17H,11H2,(H,25,26). The van der Waals surface area contributed by atoms with E-state index in [-0.39, 0.29) is 16.7 Å². The van der Waals surface area contributed by atoms with Gasteiger partial charge in [-0.3, -0.25) is 4.79 Å². The highest BCUT2D eigenvalue weighted by atomic mass is 35.5. The SMILES string of the molecule is O=C(CSc1ccc(Cl)c(C(F)(F)F)c1)NC(c1ccccc1)c1nccs1. The van der Waals surface area contributed by atoms with Crippen LogP contribution in [0.4, 0.5) is 13.2 Å². The Morgan fingerprint density at radius 3 is 2.61 bits per heavy atom. The van der Waals surface area contributed by atoms with Gasteiger partial charge in [0.15, 0.2) is 0 Å². The summed E-state index contributed by atoms with van der Waals surface area (Å²) in [6, 6.07) is 12.6. The summed E-state index contributed by atoms with van der Waals surface area (Å²) in [7, 11) is 0. The van der Waals surface area contributed by atoms with Gasteiger partial charge >= 0.3 is 6.18 Å². The van der Waals surface area contributed by atoms with Crippen molar-refractivity contribution in [2.75, 3.05) is 5.75 Å². The van der Waals surface area contributed by atoms with Crippen LogP contribution in [0.3, 0.4) is 0 Å². The molecule has 0 bridgehead atoms. The first-order valence-electron chi connectivity index (χ1n) is 8.08. The summed E-state index contributed by atoms with van der Waals surface area (Å²) in [5, 5.41) is 5.09. The molecule has 28 heavy (non-hydrogen) atoms. The van der Waals surface area contributed by atoms with Crippen LogP contribution in [-0.2, 0) is 11.0 Å². The highest BCUT2D eigenvalue weighted by molar-refractivity contribution is 8.00. The third-order valence-electron chi connectivity index (χ3n) is 3.75. The molecule has 0 saturated carbocycles. The summed E-state index contributed by atoms with van der Waals surface area (Å²) >= 11 is 8.05. The van der Waals surface area contributed by atoms with Crippen LogP contribution < -0.4 is 5.32 Å². The quantitative estimate of drug-likeness (QED) is 0.489. The second-order valence-corrected chi connectivity index (χ2v) is 8.09. The second kappa shape index (κ2) is 8.98. The number of aromatic nitrogens is 1. The Bertz CT molecular complexity index is 934. The number of hydrogen-bond donors (Lipinski definition) is 1. The fourth-order valence-corrected chi connectivity index (χ4v) is 4.16. The van der Waals surface area contributed by atoms with Crippen molar-refractivity contribution in [1.82, 2.24) is 10.3 Å². The predicted octanol–water partition coefficient (Wildman–Crippen LogP) is 5.81. The van der Waals surface area contributed by atoms with E-state index in [9.17, 15) is 18.0 Å². The van der Waals surface area contributed by atoms with Gasteiger partial charge in [0, 0.05) is 16.5 Å². The molecule has 0 spiro atoms. The third-order valence-corrected chi connectivity index (χ3v) is 5.91. The molecular formula is C19H14ClF3N2OS2. The van der Waals surface area contributed by atoms with E-state index >= 15 is 0 Å². The molecule has 3 aromatic rings. The molecule has 0 aliphatic carbocycles. The fraction of sp³-hybridized carbons (Fsp3) is 0.158. The third kappa shape index (κ3) is 5.27. The summed E-state index contributed by atoms with van der Waals surface area (Å²) in [4.78, 5) is 17.0. The van der Waals surface area contributed by atoms with Gasteiger partial charge in [-0.2, -0.15) is 13.2 Å². The highest BCUT2D eigenvalue weighted by Crippen LogP contribution is 2.37. The molecule has 1 aromatic heterocycles. The van der Waals surface area contributed by atoms with Gasteiger partial charge in [0.25, 0.3) is 0 Å². The first-order valence-corrected chi connectivity index (χ1v) is 10.3. The second-order valence-electron chi connectivity index (χ2n) is 5.71. The summed E-state index contributed by atoms with van der Waals surface area (Å²) in [5.41, 5.74) is -0.0360. The van der Waals surface area contributed by atoms with E-state index in [0.717, 1.165) is 28.4 Å². The van der Waals surface area contributed by atoms with Gasteiger partial charge in [-0.25, -0.2) is 4.98 Å². The molecule has 0 fully saturated rings. The van der Waals surface area contributed by atoms with Crippen LogP contribution in [0.25, 0.3) is 0 Å². The molecule has 1 atom stereocenters. The van der Waals surface area contributed by atoms with Crippen LogP contribution >= 0.6 is 34.7 Å². The van der Waals surface area contributed by atoms with Gasteiger partial charge in [0.05, 0.1) is 16.3 Å². The minimum absolute atomic E-state index is 0.0341. The number of thiazole rings is 1. The number of hydrogen-bond acceptors (Lipinski definition) is 4. The summed E-state index contributed by atoms with van der Waals surface area (Å²) in [6.07, 6.45) is -2.89. The van der Waals surface area contributed by atoms with E-state index in [1.165, 1.54) is 23.5 Å². The normalized spacial score (nSPS) is 12.6. The van der Waals surface area contributed by atoms with E-state index in [4.69, 9.17) is 11.6 Å². The Morgan fingerprint density at radius 2 is 1.96 bits per heavy atom. The van der Waals surface area contributed by atoms with E-state index in [1.54, 1.807) is 6.20 Å². The van der Waals surface area contributed by atoms with Crippen molar-refractivity contribution < 1.29 is 18.0 Å². The van der Waals surface area contributed by atoms with Gasteiger partial charge in [-0.15, -0.1) is 23.1 Å². The lowest BCUT2D eigenvalue weighted by Gasteiger charge is -2.17. The summed E-state index contributed by atoms with van der Waals surface area (Å²) < 4.78 is 38.9. The monoisotopic (exact) mass is 442 g/mol. The lowest BCUT2D eigenvalue weighted by atomic mass is 10.1. The number of carbonyl (C=O) groups is 1. The highest BCUT2D eigenvalue weighted by Gasteiger charge is 2.33. The molecule has 3 rings (SSSR count). The van der Waals surface area contributed by atoms with E-state index in [1.807, 2.05) is 35.7 Å². The molecule has 3 nitrogen and oxygen atoms in total. The van der Waals surface area contributed by atoms with Crippen LogP contribution in [0, 0.1) is 0 Å². The molecule has 0 aliphatic heterocycles. The summed E-state index contributed by atoms with van der Waals surface area (Å²) in [6.45, 7) is 0. The topological polar surface area (TPSA) is 42.0 Å². The number of nitrogens with zero attached hydrogens (tertiary/aromatic N) is 1. The van der Waals surface area contributed by atoms with Gasteiger partial charge in [-0.1, -0.05) is 41.9 Å². The number of halogens is 4. The number of amides is 1. The van der Waals surface area contributed by atoms with Gasteiger partial charge in [0.1, 0.15) is 11.0 Å². The molecule has 9 heteroatoms. The van der Waals surface area contributed by atoms with Gasteiger partial charge < -0.3 is 5.32 Å². The van der Waals surface area contributed by atoms with Crippen LogP contribution in [0.5, 0.6) is 0 Å². The predicted molar refractivity (Wildman–Crippen MR) is 106 cm³/mol. The lowest BCUT2D eigenvalue weighted by molar-refractivity contribution is -0.137. The number of carbonyl (C=O) groups excluding carboxylic acids is 1. The first-order chi connectivity index (χ1) is 13.3. The van der Waals surface area contributed by atoms with Crippen molar-refractivity contribution in [3.05, 3.63) is 81.3 Å². The van der Waals surface area contributed by atoms with Gasteiger partial charge in [0.2, 0.25) is 5.91 Å². The maximum absolute atomic E-state index is 13.0. The molecule has 2 aromatic carbocycles.